The SMILES string of the molecule is N#CC1=C(Br)N=C(c2ccccc2)[C@H](C#N)[C@H]1N. The molecule has 1 heterocycles. The van der Waals surface area contributed by atoms with Crippen molar-refractivity contribution < 1.29 is 0 Å². The van der Waals surface area contributed by atoms with E-state index >= 15 is 0 Å². The van der Waals surface area contributed by atoms with E-state index in [1.807, 2.05) is 36.4 Å². The van der Waals surface area contributed by atoms with Crippen LogP contribution in [-0.2, 0) is 0 Å². The molecule has 0 spiro atoms. The van der Waals surface area contributed by atoms with E-state index in [2.05, 4.69) is 27.0 Å². The Morgan fingerprint density at radius 2 is 1.89 bits per heavy atom. The van der Waals surface area contributed by atoms with Crippen molar-refractivity contribution in [3.8, 4) is 12.1 Å². The van der Waals surface area contributed by atoms with Crippen LogP contribution in [0.1, 0.15) is 5.56 Å². The van der Waals surface area contributed by atoms with Gasteiger partial charge in [-0.2, -0.15) is 10.5 Å². The monoisotopic (exact) mass is 300 g/mol. The molecule has 1 aromatic carbocycles. The first-order chi connectivity index (χ1) is 8.69. The van der Waals surface area contributed by atoms with Gasteiger partial charge < -0.3 is 5.73 Å². The number of aliphatic imine (C=N–C) groups is 1. The van der Waals surface area contributed by atoms with E-state index < -0.39 is 12.0 Å². The van der Waals surface area contributed by atoms with E-state index in [-0.39, 0.29) is 0 Å². The van der Waals surface area contributed by atoms with Crippen LogP contribution in [0.15, 0.2) is 45.5 Å². The fourth-order valence-corrected chi connectivity index (χ4v) is 2.37. The maximum atomic E-state index is 9.23. The summed E-state index contributed by atoms with van der Waals surface area (Å²) in [5.74, 6) is -0.608. The second kappa shape index (κ2) is 5.14. The fraction of sp³-hybridized carbons (Fsp3) is 0.154. The summed E-state index contributed by atoms with van der Waals surface area (Å²) in [6.45, 7) is 0. The zero-order valence-electron chi connectivity index (χ0n) is 9.34. The van der Waals surface area contributed by atoms with Crippen LogP contribution in [0.25, 0.3) is 0 Å². The molecule has 0 saturated carbocycles. The number of benzene rings is 1. The lowest BCUT2D eigenvalue weighted by Crippen LogP contribution is -2.39. The van der Waals surface area contributed by atoms with Crippen LogP contribution in [-0.4, -0.2) is 11.8 Å². The molecular weight excluding hydrogens is 292 g/mol. The lowest BCUT2D eigenvalue weighted by Gasteiger charge is -2.23. The number of nitrogens with two attached hydrogens (primary N) is 1. The van der Waals surface area contributed by atoms with Crippen molar-refractivity contribution in [3.63, 3.8) is 0 Å². The number of hydrogen-bond donors (Lipinski definition) is 1. The normalized spacial score (nSPS) is 23.0. The highest BCUT2D eigenvalue weighted by Gasteiger charge is 2.32. The quantitative estimate of drug-likeness (QED) is 0.806. The van der Waals surface area contributed by atoms with Gasteiger partial charge in [-0.3, -0.25) is 0 Å². The highest BCUT2D eigenvalue weighted by Crippen LogP contribution is 2.28. The van der Waals surface area contributed by atoms with Gasteiger partial charge in [-0.15, -0.1) is 0 Å². The molecule has 88 valence electrons. The molecule has 0 fully saturated rings. The summed E-state index contributed by atoms with van der Waals surface area (Å²) < 4.78 is 0.405. The molecule has 0 aliphatic carbocycles. The van der Waals surface area contributed by atoms with Gasteiger partial charge in [0.1, 0.15) is 10.5 Å². The third kappa shape index (κ3) is 2.06. The zero-order valence-corrected chi connectivity index (χ0v) is 10.9. The van der Waals surface area contributed by atoms with Gasteiger partial charge >= 0.3 is 0 Å². The van der Waals surface area contributed by atoms with Gasteiger partial charge in [-0.1, -0.05) is 30.3 Å². The Balaban J connectivity index is 2.57. The summed E-state index contributed by atoms with van der Waals surface area (Å²) in [6.07, 6.45) is 0. The minimum Gasteiger partial charge on any atom is -0.322 e. The number of hydrogen-bond acceptors (Lipinski definition) is 4. The summed E-state index contributed by atoms with van der Waals surface area (Å²) in [4.78, 5) is 4.30. The highest BCUT2D eigenvalue weighted by atomic mass is 79.9. The Hall–Kier alpha value is -1.95. The van der Waals surface area contributed by atoms with E-state index in [0.717, 1.165) is 5.56 Å². The van der Waals surface area contributed by atoms with Crippen molar-refractivity contribution in [2.24, 2.45) is 16.6 Å². The van der Waals surface area contributed by atoms with Crippen molar-refractivity contribution in [1.29, 1.82) is 10.5 Å². The standard InChI is InChI=1S/C13H9BrN4/c14-13-10(7-16)11(17)9(6-15)12(18-13)8-4-2-1-3-5-8/h1-5,9,11H,17H2/t9-,11-/m1/s1. The second-order valence-electron chi connectivity index (χ2n) is 3.81. The molecule has 2 atom stereocenters. The molecule has 1 aliphatic heterocycles. The van der Waals surface area contributed by atoms with Crippen LogP contribution < -0.4 is 5.73 Å². The summed E-state index contributed by atoms with van der Waals surface area (Å²) in [7, 11) is 0. The van der Waals surface area contributed by atoms with Crippen LogP contribution in [0.2, 0.25) is 0 Å². The minimum absolute atomic E-state index is 0.307. The van der Waals surface area contributed by atoms with E-state index in [1.165, 1.54) is 0 Å². The van der Waals surface area contributed by atoms with Gasteiger partial charge in [0, 0.05) is 0 Å². The Kier molecular flexibility index (Phi) is 3.57. The van der Waals surface area contributed by atoms with Crippen LogP contribution in [0.3, 0.4) is 0 Å². The molecule has 2 rings (SSSR count). The van der Waals surface area contributed by atoms with Crippen LogP contribution in [0, 0.1) is 28.6 Å². The second-order valence-corrected chi connectivity index (χ2v) is 4.56. The first-order valence-electron chi connectivity index (χ1n) is 5.28. The Morgan fingerprint density at radius 1 is 1.22 bits per heavy atom. The number of nitriles is 2. The molecule has 18 heavy (non-hydrogen) atoms. The molecule has 1 aromatic rings. The Labute approximate surface area is 113 Å². The molecule has 0 bridgehead atoms. The third-order valence-electron chi connectivity index (χ3n) is 2.76. The van der Waals surface area contributed by atoms with Crippen molar-refractivity contribution in [1.82, 2.24) is 0 Å². The lowest BCUT2D eigenvalue weighted by molar-refractivity contribution is 0.700. The smallest absolute Gasteiger partial charge is 0.121 e. The molecule has 0 aromatic heterocycles. The minimum atomic E-state index is -0.651. The maximum Gasteiger partial charge on any atom is 0.121 e. The van der Waals surface area contributed by atoms with Crippen LogP contribution >= 0.6 is 15.9 Å². The zero-order chi connectivity index (χ0) is 13.1. The Bertz CT molecular complexity index is 604. The van der Waals surface area contributed by atoms with Gasteiger partial charge in [0.05, 0.1) is 29.5 Å². The topological polar surface area (TPSA) is 86.0 Å². The number of rotatable bonds is 1. The van der Waals surface area contributed by atoms with Crippen molar-refractivity contribution >= 4 is 21.6 Å². The first-order valence-corrected chi connectivity index (χ1v) is 6.07. The highest BCUT2D eigenvalue weighted by molar-refractivity contribution is 9.11. The predicted octanol–water partition coefficient (Wildman–Crippen LogP) is 2.09. The third-order valence-corrected chi connectivity index (χ3v) is 3.36. The van der Waals surface area contributed by atoms with Crippen molar-refractivity contribution in [2.75, 3.05) is 0 Å². The molecule has 0 saturated heterocycles. The molecule has 1 aliphatic rings. The summed E-state index contributed by atoms with van der Waals surface area (Å²) >= 11 is 3.23. The first kappa shape index (κ1) is 12.5. The van der Waals surface area contributed by atoms with Crippen molar-refractivity contribution in [2.45, 2.75) is 6.04 Å². The van der Waals surface area contributed by atoms with E-state index in [9.17, 15) is 5.26 Å². The van der Waals surface area contributed by atoms with Gasteiger partial charge in [-0.25, -0.2) is 4.99 Å². The molecule has 4 nitrogen and oxygen atoms in total. The van der Waals surface area contributed by atoms with Gasteiger partial charge in [0.2, 0.25) is 0 Å². The van der Waals surface area contributed by atoms with Crippen molar-refractivity contribution in [3.05, 3.63) is 46.1 Å². The average molecular weight is 301 g/mol. The van der Waals surface area contributed by atoms with E-state index in [4.69, 9.17) is 11.0 Å². The molecular formula is C13H9BrN4. The summed E-state index contributed by atoms with van der Waals surface area (Å²) in [6, 6.07) is 12.8. The molecule has 0 amide bonds. The molecule has 0 unspecified atom stereocenters. The van der Waals surface area contributed by atoms with Crippen LogP contribution in [0.4, 0.5) is 0 Å². The Morgan fingerprint density at radius 3 is 2.44 bits per heavy atom. The van der Waals surface area contributed by atoms with Gasteiger partial charge in [-0.05, 0) is 21.5 Å². The van der Waals surface area contributed by atoms with E-state index in [1.54, 1.807) is 0 Å². The largest absolute Gasteiger partial charge is 0.322 e. The number of nitrogens with zero attached hydrogens (tertiary/aromatic N) is 3. The molecule has 5 heteroatoms. The number of halogens is 1. The van der Waals surface area contributed by atoms with Gasteiger partial charge in [0.25, 0.3) is 0 Å². The molecule has 0 radical (unpaired) electrons. The van der Waals surface area contributed by atoms with Crippen LogP contribution in [0.5, 0.6) is 0 Å². The van der Waals surface area contributed by atoms with Gasteiger partial charge in [0.15, 0.2) is 0 Å². The lowest BCUT2D eigenvalue weighted by atomic mass is 9.86. The fourth-order valence-electron chi connectivity index (χ4n) is 1.82. The summed E-state index contributed by atoms with van der Waals surface area (Å²) in [5.41, 5.74) is 7.69. The van der Waals surface area contributed by atoms with E-state index in [0.29, 0.717) is 15.9 Å². The predicted molar refractivity (Wildman–Crippen MR) is 71.6 cm³/mol. The summed E-state index contributed by atoms with van der Waals surface area (Å²) in [5, 5.41) is 18.2. The molecule has 2 N–H and O–H groups in total. The maximum absolute atomic E-state index is 9.23. The average Bonchev–Trinajstić information content (AvgIpc) is 2.39.